The Balaban J connectivity index is 1.32. The van der Waals surface area contributed by atoms with E-state index in [0.717, 1.165) is 25.7 Å². The molecular weight excluding hydrogens is 504 g/mol. The van der Waals surface area contributed by atoms with Gasteiger partial charge < -0.3 is 0 Å². The summed E-state index contributed by atoms with van der Waals surface area (Å²) < 4.78 is 0. The van der Waals surface area contributed by atoms with E-state index in [0.29, 0.717) is 0 Å². The molecule has 12 bridgehead atoms. The molecule has 0 amide bonds. The van der Waals surface area contributed by atoms with Crippen LogP contribution >= 0.6 is 0 Å². The molecule has 12 rings (SSSR count). The van der Waals surface area contributed by atoms with Crippen molar-refractivity contribution in [2.75, 3.05) is 0 Å². The molecule has 198 valence electrons. The van der Waals surface area contributed by atoms with Gasteiger partial charge in [0, 0.05) is 0 Å². The van der Waals surface area contributed by atoms with Gasteiger partial charge in [-0.05, 0) is 113 Å². The molecular formula is C42H30. The van der Waals surface area contributed by atoms with E-state index in [2.05, 4.69) is 133 Å². The zero-order chi connectivity index (χ0) is 27.6. The first-order valence-corrected chi connectivity index (χ1v) is 15.2. The predicted molar refractivity (Wildman–Crippen MR) is 181 cm³/mol. The summed E-state index contributed by atoms with van der Waals surface area (Å²) in [6.07, 6.45) is 4.13. The van der Waals surface area contributed by atoms with Gasteiger partial charge in [0.15, 0.2) is 0 Å². The Morgan fingerprint density at radius 1 is 0.262 bits per heavy atom. The van der Waals surface area contributed by atoms with Gasteiger partial charge in [0.1, 0.15) is 0 Å². The molecule has 8 aromatic carbocycles. The Hall–Kier alpha value is -4.94. The van der Waals surface area contributed by atoms with E-state index in [4.69, 9.17) is 0 Å². The van der Waals surface area contributed by atoms with Crippen molar-refractivity contribution in [3.63, 3.8) is 0 Å². The lowest BCUT2D eigenvalue weighted by Gasteiger charge is -2.14. The molecule has 0 aromatic heterocycles. The lowest BCUT2D eigenvalue weighted by Crippen LogP contribution is -1.94. The van der Waals surface area contributed by atoms with Crippen LogP contribution in [0.5, 0.6) is 0 Å². The lowest BCUT2D eigenvalue weighted by atomic mass is 9.90. The highest BCUT2D eigenvalue weighted by atomic mass is 14.2. The maximum atomic E-state index is 2.45. The highest BCUT2D eigenvalue weighted by Gasteiger charge is 2.12. The molecule has 4 aliphatic rings. The van der Waals surface area contributed by atoms with Crippen LogP contribution in [-0.2, 0) is 25.7 Å². The number of hydrogen-bond acceptors (Lipinski definition) is 0. The summed E-state index contributed by atoms with van der Waals surface area (Å²) in [7, 11) is 0. The molecule has 0 aliphatic heterocycles. The van der Waals surface area contributed by atoms with Gasteiger partial charge in [-0.15, -0.1) is 0 Å². The molecule has 0 atom stereocenters. The zero-order valence-corrected chi connectivity index (χ0v) is 23.5. The third-order valence-corrected chi connectivity index (χ3v) is 9.57. The van der Waals surface area contributed by atoms with Crippen LogP contribution in [0, 0.1) is 0 Å². The second kappa shape index (κ2) is 9.29. The van der Waals surface area contributed by atoms with Crippen molar-refractivity contribution in [3.05, 3.63) is 156 Å². The molecule has 0 saturated heterocycles. The minimum Gasteiger partial charge on any atom is -0.0584 e. The van der Waals surface area contributed by atoms with Gasteiger partial charge in [-0.2, -0.15) is 0 Å². The van der Waals surface area contributed by atoms with Crippen LogP contribution in [0.2, 0.25) is 0 Å². The molecule has 0 unspecified atom stereocenters. The topological polar surface area (TPSA) is 0 Å². The molecule has 8 aromatic rings. The molecule has 0 saturated carbocycles. The van der Waals surface area contributed by atoms with Gasteiger partial charge in [-0.1, -0.05) is 133 Å². The molecule has 4 aliphatic carbocycles. The van der Waals surface area contributed by atoms with Crippen molar-refractivity contribution in [2.45, 2.75) is 25.7 Å². The van der Waals surface area contributed by atoms with E-state index in [1.54, 1.807) is 0 Å². The van der Waals surface area contributed by atoms with Crippen LogP contribution in [0.1, 0.15) is 22.3 Å². The first-order chi connectivity index (χ1) is 20.8. The average Bonchev–Trinajstić information content (AvgIpc) is 3.05. The van der Waals surface area contributed by atoms with Crippen LogP contribution in [0.15, 0.2) is 133 Å². The monoisotopic (exact) mass is 534 g/mol. The van der Waals surface area contributed by atoms with Gasteiger partial charge in [-0.25, -0.2) is 0 Å². The maximum Gasteiger partial charge on any atom is -0.00265 e. The quantitative estimate of drug-likeness (QED) is 0.170. The summed E-state index contributed by atoms with van der Waals surface area (Å²) in [5.74, 6) is 0. The summed E-state index contributed by atoms with van der Waals surface area (Å²) >= 11 is 0. The minimum absolute atomic E-state index is 1.03. The third kappa shape index (κ3) is 3.83. The molecule has 0 radical (unpaired) electrons. The van der Waals surface area contributed by atoms with Crippen LogP contribution < -0.4 is 0 Å². The first-order valence-electron chi connectivity index (χ1n) is 15.2. The summed E-state index contributed by atoms with van der Waals surface area (Å²) in [5, 5.41) is 13.4. The normalized spacial score (nSPS) is 13.3. The first kappa shape index (κ1) is 23.7. The number of benzene rings is 8. The molecule has 0 fully saturated rings. The van der Waals surface area contributed by atoms with Gasteiger partial charge >= 0.3 is 0 Å². The van der Waals surface area contributed by atoms with Gasteiger partial charge in [0.05, 0.1) is 0 Å². The largest absolute Gasteiger partial charge is 0.0584 e. The van der Waals surface area contributed by atoms with Gasteiger partial charge in [0.2, 0.25) is 0 Å². The van der Waals surface area contributed by atoms with E-state index < -0.39 is 0 Å². The van der Waals surface area contributed by atoms with E-state index in [1.807, 2.05) is 0 Å². The van der Waals surface area contributed by atoms with Crippen molar-refractivity contribution in [2.24, 2.45) is 0 Å². The second-order valence-corrected chi connectivity index (χ2v) is 12.1. The van der Waals surface area contributed by atoms with Crippen molar-refractivity contribution in [1.29, 1.82) is 0 Å². The van der Waals surface area contributed by atoms with Crippen LogP contribution in [0.25, 0.3) is 65.0 Å². The van der Waals surface area contributed by atoms with Crippen molar-refractivity contribution < 1.29 is 0 Å². The average molecular weight is 535 g/mol. The highest BCUT2D eigenvalue weighted by molar-refractivity contribution is 6.28. The van der Waals surface area contributed by atoms with Crippen molar-refractivity contribution in [1.82, 2.24) is 0 Å². The highest BCUT2D eigenvalue weighted by Crippen LogP contribution is 2.39. The Morgan fingerprint density at radius 2 is 0.595 bits per heavy atom. The summed E-state index contributed by atoms with van der Waals surface area (Å²) in [4.78, 5) is 0. The van der Waals surface area contributed by atoms with Crippen LogP contribution in [0.4, 0.5) is 0 Å². The Morgan fingerprint density at radius 3 is 1.05 bits per heavy atom. The second-order valence-electron chi connectivity index (χ2n) is 12.1. The fourth-order valence-corrected chi connectivity index (χ4v) is 7.22. The standard InChI is InChI=1S/C42H30/c1-3-29-9-15-33-17-19-35-21-24-38-37(41(35)39(33)25-29)23-22-36-20-18-34-16-10-30(26-40(34)42(36)38)4-2-28-7-13-32(14-8-28)31-11-5-27(1)6-12-31/h5-26H,1-4H2. The smallest absolute Gasteiger partial charge is 0.00265 e. The zero-order valence-electron chi connectivity index (χ0n) is 23.5. The Bertz CT molecular complexity index is 2150. The number of aryl methyl sites for hydroxylation is 4. The molecule has 0 heterocycles. The molecule has 0 heteroatoms. The fraction of sp³-hybridized carbons (Fsp3) is 0.0952. The minimum atomic E-state index is 1.03. The summed E-state index contributed by atoms with van der Waals surface area (Å²) in [5.41, 5.74) is 8.13. The van der Waals surface area contributed by atoms with Crippen LogP contribution in [0.3, 0.4) is 0 Å². The molecule has 42 heavy (non-hydrogen) atoms. The summed E-state index contributed by atoms with van der Waals surface area (Å²) in [6, 6.07) is 51.0. The predicted octanol–water partition coefficient (Wildman–Crippen LogP) is 11.0. The van der Waals surface area contributed by atoms with E-state index in [1.165, 1.54) is 87.2 Å². The number of hydrogen-bond donors (Lipinski definition) is 0. The molecule has 0 spiro atoms. The maximum absolute atomic E-state index is 2.45. The fourth-order valence-electron chi connectivity index (χ4n) is 7.22. The van der Waals surface area contributed by atoms with Gasteiger partial charge in [-0.3, -0.25) is 0 Å². The van der Waals surface area contributed by atoms with Crippen molar-refractivity contribution >= 4 is 53.9 Å². The third-order valence-electron chi connectivity index (χ3n) is 9.57. The van der Waals surface area contributed by atoms with Crippen LogP contribution in [-0.4, -0.2) is 0 Å². The van der Waals surface area contributed by atoms with E-state index in [-0.39, 0.29) is 0 Å². The van der Waals surface area contributed by atoms with E-state index in [9.17, 15) is 0 Å². The lowest BCUT2D eigenvalue weighted by molar-refractivity contribution is 0.962. The summed E-state index contributed by atoms with van der Waals surface area (Å²) in [6.45, 7) is 0. The number of rotatable bonds is 0. The Kier molecular flexibility index (Phi) is 5.25. The van der Waals surface area contributed by atoms with Gasteiger partial charge in [0.25, 0.3) is 0 Å². The Labute approximate surface area is 245 Å². The SMILES string of the molecule is c1cc2ccc1CCc1ccc3ccc4ccc5c(ccc6ccc7ccc(cc7c65)CCc5ccc-2cc5)c4c3c1. The molecule has 0 N–H and O–H groups in total. The van der Waals surface area contributed by atoms with Crippen molar-refractivity contribution in [3.8, 4) is 11.1 Å². The van der Waals surface area contributed by atoms with E-state index >= 15 is 0 Å². The molecule has 0 nitrogen and oxygen atoms in total.